The van der Waals surface area contributed by atoms with Crippen LogP contribution >= 0.6 is 0 Å². The molecule has 1 saturated heterocycles. The Morgan fingerprint density at radius 1 is 1.05 bits per heavy atom. The van der Waals surface area contributed by atoms with Gasteiger partial charge in [-0.1, -0.05) is 57.9 Å². The minimum Gasteiger partial charge on any atom is -0.399 e. The molecule has 0 saturated carbocycles. The summed E-state index contributed by atoms with van der Waals surface area (Å²) >= 11 is 0. The first kappa shape index (κ1) is 28.9. The van der Waals surface area contributed by atoms with E-state index in [1.54, 1.807) is 18.2 Å². The zero-order chi connectivity index (χ0) is 27.8. The number of carbonyl (C=O) groups excluding carboxylic acids is 2. The van der Waals surface area contributed by atoms with Crippen LogP contribution < -0.4 is 10.9 Å². The second-order valence-corrected chi connectivity index (χ2v) is 12.0. The van der Waals surface area contributed by atoms with Gasteiger partial charge in [0.25, 0.3) is 11.8 Å². The smallest absolute Gasteiger partial charge is 0.399 e. The number of halogens is 1. The van der Waals surface area contributed by atoms with Crippen LogP contribution in [0.5, 0.6) is 0 Å². The average Bonchev–Trinajstić information content (AvgIpc) is 3.01. The number of hydrogen-bond acceptors (Lipinski definition) is 4. The maximum atomic E-state index is 15.3. The molecule has 1 N–H and O–H groups in total. The number of rotatable bonds is 6. The molecule has 2 aromatic carbocycles. The Bertz CT molecular complexity index is 1140. The van der Waals surface area contributed by atoms with Crippen molar-refractivity contribution in [3.8, 4) is 0 Å². The first-order valence-corrected chi connectivity index (χ1v) is 12.9. The number of benzene rings is 2. The minimum absolute atomic E-state index is 0.161. The summed E-state index contributed by atoms with van der Waals surface area (Å²) in [4.78, 5) is 27.0. The standard InChI is InChI=1S/C29H40BFN2O4/c1-10-12-24(27(3,4)5)33(26(35)20-14-11-13-19(2)17-20)32-25(34)22-16-15-21(18-23(22)31)30-36-28(6,7)29(8,9)37-30/h11,13-18,24H,10,12H2,1-9H3,(H,32,34). The van der Waals surface area contributed by atoms with Crippen molar-refractivity contribution in [3.63, 3.8) is 0 Å². The molecule has 0 bridgehead atoms. The van der Waals surface area contributed by atoms with Crippen molar-refractivity contribution in [2.24, 2.45) is 5.41 Å². The third-order valence-electron chi connectivity index (χ3n) is 7.34. The number of amides is 2. The highest BCUT2D eigenvalue weighted by Crippen LogP contribution is 2.36. The number of hydrazine groups is 1. The van der Waals surface area contributed by atoms with E-state index in [1.807, 2.05) is 74.4 Å². The van der Waals surface area contributed by atoms with Gasteiger partial charge in [0.1, 0.15) is 5.82 Å². The molecule has 2 aromatic rings. The van der Waals surface area contributed by atoms with Crippen LogP contribution in [0, 0.1) is 18.2 Å². The molecular formula is C29H40BFN2O4. The van der Waals surface area contributed by atoms with Crippen LogP contribution in [0.15, 0.2) is 42.5 Å². The first-order valence-electron chi connectivity index (χ1n) is 12.9. The predicted molar refractivity (Wildman–Crippen MR) is 145 cm³/mol. The Morgan fingerprint density at radius 2 is 1.68 bits per heavy atom. The molecule has 37 heavy (non-hydrogen) atoms. The monoisotopic (exact) mass is 510 g/mol. The molecule has 1 fully saturated rings. The fourth-order valence-corrected chi connectivity index (χ4v) is 4.42. The Morgan fingerprint density at radius 3 is 2.19 bits per heavy atom. The van der Waals surface area contributed by atoms with Crippen molar-refractivity contribution in [2.75, 3.05) is 0 Å². The predicted octanol–water partition coefficient (Wildman–Crippen LogP) is 5.44. The van der Waals surface area contributed by atoms with Crippen LogP contribution in [0.1, 0.15) is 94.5 Å². The molecule has 200 valence electrons. The summed E-state index contributed by atoms with van der Waals surface area (Å²) in [5, 5.41) is 1.38. The Balaban J connectivity index is 1.91. The van der Waals surface area contributed by atoms with E-state index in [0.29, 0.717) is 17.4 Å². The van der Waals surface area contributed by atoms with Gasteiger partial charge in [-0.05, 0) is 76.2 Å². The Labute approximate surface area is 221 Å². The van der Waals surface area contributed by atoms with Crippen LogP contribution in [-0.2, 0) is 9.31 Å². The molecule has 1 aliphatic heterocycles. The highest BCUT2D eigenvalue weighted by molar-refractivity contribution is 6.62. The van der Waals surface area contributed by atoms with Crippen LogP contribution in [0.25, 0.3) is 0 Å². The fraction of sp³-hybridized carbons (Fsp3) is 0.517. The summed E-state index contributed by atoms with van der Waals surface area (Å²) in [6.07, 6.45) is 1.48. The summed E-state index contributed by atoms with van der Waals surface area (Å²) in [5.74, 6) is -1.74. The number of nitrogens with one attached hydrogen (secondary N) is 1. The second-order valence-electron chi connectivity index (χ2n) is 12.0. The van der Waals surface area contributed by atoms with Gasteiger partial charge in [0.15, 0.2) is 0 Å². The highest BCUT2D eigenvalue weighted by Gasteiger charge is 2.51. The molecular weight excluding hydrogens is 470 g/mol. The Kier molecular flexibility index (Phi) is 8.25. The average molecular weight is 510 g/mol. The third kappa shape index (κ3) is 6.24. The molecule has 6 nitrogen and oxygen atoms in total. The van der Waals surface area contributed by atoms with Crippen molar-refractivity contribution in [1.82, 2.24) is 10.4 Å². The molecule has 8 heteroatoms. The zero-order valence-corrected chi connectivity index (χ0v) is 23.6. The lowest BCUT2D eigenvalue weighted by Gasteiger charge is -2.40. The van der Waals surface area contributed by atoms with Crippen LogP contribution in [0.4, 0.5) is 4.39 Å². The molecule has 0 aliphatic carbocycles. The summed E-state index contributed by atoms with van der Waals surface area (Å²) in [6, 6.07) is 11.2. The van der Waals surface area contributed by atoms with Gasteiger partial charge >= 0.3 is 7.12 Å². The number of carbonyl (C=O) groups is 2. The number of aryl methyl sites for hydroxylation is 1. The quantitative estimate of drug-likeness (QED) is 0.416. The number of nitrogens with zero attached hydrogens (tertiary/aromatic N) is 1. The lowest BCUT2D eigenvalue weighted by molar-refractivity contribution is 0.00578. The number of hydrogen-bond donors (Lipinski definition) is 1. The molecule has 2 amide bonds. The maximum Gasteiger partial charge on any atom is 0.494 e. The van der Waals surface area contributed by atoms with Crippen molar-refractivity contribution < 1.29 is 23.3 Å². The lowest BCUT2D eigenvalue weighted by atomic mass is 9.78. The van der Waals surface area contributed by atoms with E-state index in [1.165, 1.54) is 17.1 Å². The van der Waals surface area contributed by atoms with E-state index >= 15 is 4.39 Å². The molecule has 1 aliphatic rings. The van der Waals surface area contributed by atoms with Gasteiger partial charge in [-0.3, -0.25) is 15.0 Å². The molecule has 1 atom stereocenters. The topological polar surface area (TPSA) is 67.9 Å². The normalized spacial score (nSPS) is 17.4. The van der Waals surface area contributed by atoms with E-state index in [4.69, 9.17) is 9.31 Å². The van der Waals surface area contributed by atoms with Gasteiger partial charge in [-0.25, -0.2) is 9.40 Å². The van der Waals surface area contributed by atoms with Crippen molar-refractivity contribution in [1.29, 1.82) is 0 Å². The van der Waals surface area contributed by atoms with E-state index in [2.05, 4.69) is 5.43 Å². The minimum atomic E-state index is -0.745. The summed E-state index contributed by atoms with van der Waals surface area (Å²) in [6.45, 7) is 17.7. The summed E-state index contributed by atoms with van der Waals surface area (Å²) < 4.78 is 27.3. The van der Waals surface area contributed by atoms with Gasteiger partial charge in [0, 0.05) is 5.56 Å². The maximum absolute atomic E-state index is 15.3. The van der Waals surface area contributed by atoms with Gasteiger partial charge in [0.2, 0.25) is 0 Å². The van der Waals surface area contributed by atoms with Crippen molar-refractivity contribution in [2.45, 2.75) is 92.4 Å². The molecule has 1 heterocycles. The fourth-order valence-electron chi connectivity index (χ4n) is 4.42. The van der Waals surface area contributed by atoms with Crippen LogP contribution in [0.3, 0.4) is 0 Å². The largest absolute Gasteiger partial charge is 0.494 e. The molecule has 0 spiro atoms. The van der Waals surface area contributed by atoms with Gasteiger partial charge < -0.3 is 9.31 Å². The SMILES string of the molecule is CCCC(N(NC(=O)c1ccc(B2OC(C)(C)C(C)(C)O2)cc1F)C(=O)c1cccc(C)c1)C(C)(C)C. The van der Waals surface area contributed by atoms with E-state index in [0.717, 1.165) is 12.0 Å². The van der Waals surface area contributed by atoms with E-state index < -0.39 is 30.0 Å². The van der Waals surface area contributed by atoms with E-state index in [-0.39, 0.29) is 22.9 Å². The summed E-state index contributed by atoms with van der Waals surface area (Å²) in [7, 11) is -0.745. The summed E-state index contributed by atoms with van der Waals surface area (Å²) in [5.41, 5.74) is 2.99. The lowest BCUT2D eigenvalue weighted by Crippen LogP contribution is -2.56. The van der Waals surface area contributed by atoms with Gasteiger partial charge in [0.05, 0.1) is 22.8 Å². The van der Waals surface area contributed by atoms with Crippen molar-refractivity contribution in [3.05, 3.63) is 65.0 Å². The zero-order valence-electron chi connectivity index (χ0n) is 23.6. The van der Waals surface area contributed by atoms with Gasteiger partial charge in [-0.2, -0.15) is 0 Å². The van der Waals surface area contributed by atoms with E-state index in [9.17, 15) is 9.59 Å². The Hall–Kier alpha value is -2.71. The molecule has 0 aromatic heterocycles. The van der Waals surface area contributed by atoms with Crippen LogP contribution in [-0.4, -0.2) is 41.2 Å². The molecule has 1 unspecified atom stereocenters. The van der Waals surface area contributed by atoms with Crippen molar-refractivity contribution >= 4 is 24.4 Å². The molecule has 0 radical (unpaired) electrons. The molecule has 3 rings (SSSR count). The second kappa shape index (κ2) is 10.6. The van der Waals surface area contributed by atoms with Gasteiger partial charge in [-0.15, -0.1) is 0 Å². The third-order valence-corrected chi connectivity index (χ3v) is 7.34. The highest BCUT2D eigenvalue weighted by atomic mass is 19.1. The first-order chi connectivity index (χ1) is 17.1. The van der Waals surface area contributed by atoms with Crippen LogP contribution in [0.2, 0.25) is 0 Å².